The number of rotatable bonds is 3. The van der Waals surface area contributed by atoms with Crippen LogP contribution in [0.2, 0.25) is 0 Å². The van der Waals surface area contributed by atoms with E-state index in [4.69, 9.17) is 5.21 Å². The third-order valence-corrected chi connectivity index (χ3v) is 1.71. The molecule has 0 aliphatic rings. The van der Waals surface area contributed by atoms with Crippen LogP contribution < -0.4 is 5.48 Å². The summed E-state index contributed by atoms with van der Waals surface area (Å²) in [5.41, 5.74) is 4.03. The van der Waals surface area contributed by atoms with Crippen LogP contribution in [-0.2, 0) is 4.79 Å². The number of hydroxylamine groups is 1. The molecular formula is C10H19NO2. The molecule has 0 aromatic carbocycles. The molecule has 0 atom stereocenters. The molecule has 0 unspecified atom stereocenters. The monoisotopic (exact) mass is 185 g/mol. The Hall–Kier alpha value is -1.09. The van der Waals surface area contributed by atoms with Gasteiger partial charge in [0.25, 0.3) is 0 Å². The predicted molar refractivity (Wildman–Crippen MR) is 54.5 cm³/mol. The SMILES string of the molecule is C=C.CC(C)=C(C)CCC(=O)NO. The van der Waals surface area contributed by atoms with E-state index in [1.54, 1.807) is 5.48 Å². The Balaban J connectivity index is 0. The van der Waals surface area contributed by atoms with E-state index in [1.165, 1.54) is 11.1 Å². The zero-order chi connectivity index (χ0) is 10.9. The van der Waals surface area contributed by atoms with E-state index in [0.29, 0.717) is 12.8 Å². The number of hydrogen-bond acceptors (Lipinski definition) is 2. The zero-order valence-electron chi connectivity index (χ0n) is 8.68. The summed E-state index contributed by atoms with van der Waals surface area (Å²) in [5.74, 6) is -0.328. The van der Waals surface area contributed by atoms with Gasteiger partial charge in [-0.15, -0.1) is 13.2 Å². The summed E-state index contributed by atoms with van der Waals surface area (Å²) in [7, 11) is 0. The van der Waals surface area contributed by atoms with E-state index < -0.39 is 0 Å². The van der Waals surface area contributed by atoms with Crippen molar-refractivity contribution in [3.63, 3.8) is 0 Å². The first-order chi connectivity index (χ1) is 6.07. The molecule has 3 heteroatoms. The quantitative estimate of drug-likeness (QED) is 0.403. The van der Waals surface area contributed by atoms with Crippen LogP contribution in [-0.4, -0.2) is 11.1 Å². The summed E-state index contributed by atoms with van der Waals surface area (Å²) < 4.78 is 0. The second-order valence-electron chi connectivity index (χ2n) is 2.82. The van der Waals surface area contributed by atoms with Crippen LogP contribution in [0.15, 0.2) is 24.3 Å². The molecule has 0 aromatic rings. The van der Waals surface area contributed by atoms with Crippen molar-refractivity contribution in [3.05, 3.63) is 24.3 Å². The third-order valence-electron chi connectivity index (χ3n) is 1.71. The Morgan fingerprint density at radius 3 is 2.00 bits per heavy atom. The zero-order valence-corrected chi connectivity index (χ0v) is 8.68. The van der Waals surface area contributed by atoms with Crippen molar-refractivity contribution in [2.45, 2.75) is 33.6 Å². The molecule has 3 nitrogen and oxygen atoms in total. The second kappa shape index (κ2) is 9.00. The Morgan fingerprint density at radius 1 is 1.23 bits per heavy atom. The van der Waals surface area contributed by atoms with E-state index in [1.807, 2.05) is 20.8 Å². The molecule has 0 radical (unpaired) electrons. The number of allylic oxidation sites excluding steroid dienone is 2. The normalized spacial score (nSPS) is 8.00. The highest BCUT2D eigenvalue weighted by atomic mass is 16.5. The van der Waals surface area contributed by atoms with Gasteiger partial charge in [0.2, 0.25) is 5.91 Å². The molecule has 0 rings (SSSR count). The smallest absolute Gasteiger partial charge is 0.243 e. The molecule has 0 spiro atoms. The molecule has 0 aromatic heterocycles. The number of carbonyl (C=O) groups excluding carboxylic acids is 1. The molecule has 76 valence electrons. The molecular weight excluding hydrogens is 166 g/mol. The van der Waals surface area contributed by atoms with Crippen LogP contribution >= 0.6 is 0 Å². The summed E-state index contributed by atoms with van der Waals surface area (Å²) in [5, 5.41) is 8.17. The highest BCUT2D eigenvalue weighted by Gasteiger charge is 1.99. The van der Waals surface area contributed by atoms with Gasteiger partial charge in [-0.05, 0) is 27.2 Å². The van der Waals surface area contributed by atoms with Crippen LogP contribution in [0.4, 0.5) is 0 Å². The van der Waals surface area contributed by atoms with E-state index in [-0.39, 0.29) is 5.91 Å². The molecule has 13 heavy (non-hydrogen) atoms. The van der Waals surface area contributed by atoms with Crippen molar-refractivity contribution in [1.29, 1.82) is 0 Å². The minimum atomic E-state index is -0.328. The molecule has 0 bridgehead atoms. The van der Waals surface area contributed by atoms with Crippen LogP contribution in [0.25, 0.3) is 0 Å². The maximum absolute atomic E-state index is 10.6. The van der Waals surface area contributed by atoms with Gasteiger partial charge >= 0.3 is 0 Å². The van der Waals surface area contributed by atoms with Gasteiger partial charge in [-0.2, -0.15) is 0 Å². The lowest BCUT2D eigenvalue weighted by Crippen LogP contribution is -2.17. The average molecular weight is 185 g/mol. The van der Waals surface area contributed by atoms with Crippen molar-refractivity contribution in [3.8, 4) is 0 Å². The topological polar surface area (TPSA) is 49.3 Å². The van der Waals surface area contributed by atoms with Gasteiger partial charge in [0.05, 0.1) is 0 Å². The fraction of sp³-hybridized carbons (Fsp3) is 0.500. The average Bonchev–Trinajstić information content (AvgIpc) is 2.16. The molecule has 0 fully saturated rings. The summed E-state index contributed by atoms with van der Waals surface area (Å²) >= 11 is 0. The standard InChI is InChI=1S/C8H15NO2.C2H4/c1-6(2)7(3)4-5-8(10)9-11;1-2/h11H,4-5H2,1-3H3,(H,9,10);1-2H2. The van der Waals surface area contributed by atoms with Gasteiger partial charge in [0.15, 0.2) is 0 Å². The van der Waals surface area contributed by atoms with Gasteiger partial charge < -0.3 is 0 Å². The fourth-order valence-electron chi connectivity index (χ4n) is 0.607. The Morgan fingerprint density at radius 2 is 1.69 bits per heavy atom. The molecule has 0 aliphatic carbocycles. The van der Waals surface area contributed by atoms with Crippen molar-refractivity contribution >= 4 is 5.91 Å². The van der Waals surface area contributed by atoms with E-state index in [0.717, 1.165) is 0 Å². The van der Waals surface area contributed by atoms with Crippen molar-refractivity contribution in [2.24, 2.45) is 0 Å². The van der Waals surface area contributed by atoms with Crippen LogP contribution in [0.1, 0.15) is 33.6 Å². The van der Waals surface area contributed by atoms with E-state index >= 15 is 0 Å². The van der Waals surface area contributed by atoms with Gasteiger partial charge in [-0.25, -0.2) is 5.48 Å². The summed E-state index contributed by atoms with van der Waals surface area (Å²) in [6.45, 7) is 12.0. The number of hydrogen-bond donors (Lipinski definition) is 2. The van der Waals surface area contributed by atoms with Crippen LogP contribution in [0.3, 0.4) is 0 Å². The van der Waals surface area contributed by atoms with Gasteiger partial charge in [0, 0.05) is 6.42 Å². The van der Waals surface area contributed by atoms with Crippen molar-refractivity contribution in [1.82, 2.24) is 5.48 Å². The minimum absolute atomic E-state index is 0.328. The first kappa shape index (κ1) is 14.4. The van der Waals surface area contributed by atoms with E-state index in [2.05, 4.69) is 13.2 Å². The maximum atomic E-state index is 10.6. The molecule has 1 amide bonds. The van der Waals surface area contributed by atoms with E-state index in [9.17, 15) is 4.79 Å². The third kappa shape index (κ3) is 8.82. The molecule has 0 saturated carbocycles. The van der Waals surface area contributed by atoms with Gasteiger partial charge in [-0.1, -0.05) is 11.1 Å². The summed E-state index contributed by atoms with van der Waals surface area (Å²) in [6.07, 6.45) is 1.07. The lowest BCUT2D eigenvalue weighted by Gasteiger charge is -2.01. The first-order valence-electron chi connectivity index (χ1n) is 4.13. The highest BCUT2D eigenvalue weighted by molar-refractivity contribution is 5.74. The van der Waals surface area contributed by atoms with Gasteiger partial charge in [0.1, 0.15) is 0 Å². The van der Waals surface area contributed by atoms with Gasteiger partial charge in [-0.3, -0.25) is 10.0 Å². The Labute approximate surface area is 80.1 Å². The van der Waals surface area contributed by atoms with Crippen molar-refractivity contribution in [2.75, 3.05) is 0 Å². The summed E-state index contributed by atoms with van der Waals surface area (Å²) in [6, 6.07) is 0. The highest BCUT2D eigenvalue weighted by Crippen LogP contribution is 2.08. The number of amides is 1. The lowest BCUT2D eigenvalue weighted by atomic mass is 10.1. The number of carbonyl (C=O) groups is 1. The molecule has 2 N–H and O–H groups in total. The second-order valence-corrected chi connectivity index (χ2v) is 2.82. The molecule has 0 aliphatic heterocycles. The molecule has 0 saturated heterocycles. The fourth-order valence-corrected chi connectivity index (χ4v) is 0.607. The summed E-state index contributed by atoms with van der Waals surface area (Å²) in [4.78, 5) is 10.6. The number of nitrogens with one attached hydrogen (secondary N) is 1. The lowest BCUT2D eigenvalue weighted by molar-refractivity contribution is -0.129. The van der Waals surface area contributed by atoms with Crippen LogP contribution in [0.5, 0.6) is 0 Å². The van der Waals surface area contributed by atoms with Crippen LogP contribution in [0, 0.1) is 0 Å². The Kier molecular flexibility index (Phi) is 10.00. The largest absolute Gasteiger partial charge is 0.289 e. The minimum Gasteiger partial charge on any atom is -0.289 e. The predicted octanol–water partition coefficient (Wildman–Crippen LogP) is 2.43. The van der Waals surface area contributed by atoms with Crippen molar-refractivity contribution < 1.29 is 10.0 Å². The maximum Gasteiger partial charge on any atom is 0.243 e. The molecule has 0 heterocycles. The Bertz CT molecular complexity index is 181. The first-order valence-corrected chi connectivity index (χ1v) is 4.13.